The second-order valence-corrected chi connectivity index (χ2v) is 6.74. The van der Waals surface area contributed by atoms with Gasteiger partial charge in [-0.15, -0.1) is 0 Å². The molecule has 0 saturated heterocycles. The molecule has 0 radical (unpaired) electrons. The number of nitrogens with zero attached hydrogens (tertiary/aromatic N) is 2. The van der Waals surface area contributed by atoms with E-state index >= 15 is 0 Å². The number of methoxy groups -OCH3 is 1. The molecule has 0 spiro atoms. The van der Waals surface area contributed by atoms with Gasteiger partial charge in [0.1, 0.15) is 19.0 Å². The van der Waals surface area contributed by atoms with Crippen LogP contribution in [0, 0.1) is 5.82 Å². The van der Waals surface area contributed by atoms with Crippen molar-refractivity contribution in [2.24, 2.45) is 0 Å². The molecule has 3 aromatic carbocycles. The van der Waals surface area contributed by atoms with Crippen LogP contribution in [0.25, 0.3) is 11.4 Å². The highest BCUT2D eigenvalue weighted by Crippen LogP contribution is 2.32. The largest absolute Gasteiger partial charge is 0.493 e. The SMILES string of the molecule is COc1cc(-c2noc(COCc3ccccc3)n2)ccc1OCc1ccccc1F. The van der Waals surface area contributed by atoms with E-state index in [4.69, 9.17) is 18.7 Å². The van der Waals surface area contributed by atoms with Gasteiger partial charge in [0.2, 0.25) is 5.82 Å². The summed E-state index contributed by atoms with van der Waals surface area (Å²) in [5.74, 6) is 1.46. The monoisotopic (exact) mass is 420 g/mol. The second-order valence-electron chi connectivity index (χ2n) is 6.74. The summed E-state index contributed by atoms with van der Waals surface area (Å²) >= 11 is 0. The lowest BCUT2D eigenvalue weighted by atomic mass is 10.2. The molecular formula is C24H21FN2O4. The molecule has 0 aliphatic heterocycles. The minimum absolute atomic E-state index is 0.0908. The van der Waals surface area contributed by atoms with Crippen LogP contribution in [0.2, 0.25) is 0 Å². The molecule has 0 saturated carbocycles. The van der Waals surface area contributed by atoms with Crippen LogP contribution in [0.15, 0.2) is 77.3 Å². The standard InChI is InChI=1S/C24H21FN2O4/c1-28-22-13-18(11-12-21(22)30-15-19-9-5-6-10-20(19)25)24-26-23(31-27-24)16-29-14-17-7-3-2-4-8-17/h2-13H,14-16H2,1H3. The number of benzene rings is 3. The molecule has 1 heterocycles. The van der Waals surface area contributed by atoms with Gasteiger partial charge >= 0.3 is 0 Å². The summed E-state index contributed by atoms with van der Waals surface area (Å²) in [5.41, 5.74) is 2.23. The van der Waals surface area contributed by atoms with Gasteiger partial charge in [0, 0.05) is 11.1 Å². The Bertz CT molecular complexity index is 1130. The third kappa shape index (κ3) is 5.26. The molecule has 0 unspecified atom stereocenters. The zero-order valence-electron chi connectivity index (χ0n) is 17.0. The molecule has 1 aromatic heterocycles. The van der Waals surface area contributed by atoms with Gasteiger partial charge < -0.3 is 18.7 Å². The van der Waals surface area contributed by atoms with Crippen LogP contribution in [0.3, 0.4) is 0 Å². The summed E-state index contributed by atoms with van der Waals surface area (Å²) in [7, 11) is 1.54. The van der Waals surface area contributed by atoms with E-state index < -0.39 is 0 Å². The Hall–Kier alpha value is -3.71. The third-order valence-corrected chi connectivity index (χ3v) is 4.57. The number of hydrogen-bond acceptors (Lipinski definition) is 6. The second kappa shape index (κ2) is 9.86. The van der Waals surface area contributed by atoms with Crippen molar-refractivity contribution in [1.82, 2.24) is 10.1 Å². The maximum atomic E-state index is 13.8. The maximum Gasteiger partial charge on any atom is 0.252 e. The molecule has 0 bridgehead atoms. The van der Waals surface area contributed by atoms with Gasteiger partial charge in [0.15, 0.2) is 11.5 Å². The fraction of sp³-hybridized carbons (Fsp3) is 0.167. The fourth-order valence-corrected chi connectivity index (χ4v) is 2.96. The zero-order chi connectivity index (χ0) is 21.5. The van der Waals surface area contributed by atoms with Gasteiger partial charge in [-0.3, -0.25) is 0 Å². The number of hydrogen-bond donors (Lipinski definition) is 0. The van der Waals surface area contributed by atoms with Crippen molar-refractivity contribution in [2.45, 2.75) is 19.8 Å². The van der Waals surface area contributed by atoms with Crippen LogP contribution in [-0.2, 0) is 24.6 Å². The summed E-state index contributed by atoms with van der Waals surface area (Å²) in [6, 6.07) is 21.6. The molecular weight excluding hydrogens is 399 g/mol. The quantitative estimate of drug-likeness (QED) is 0.372. The molecule has 4 aromatic rings. The van der Waals surface area contributed by atoms with E-state index in [9.17, 15) is 4.39 Å². The van der Waals surface area contributed by atoms with Gasteiger partial charge in [-0.05, 0) is 29.8 Å². The molecule has 0 aliphatic rings. The Morgan fingerprint density at radius 2 is 1.68 bits per heavy atom. The number of aromatic nitrogens is 2. The Balaban J connectivity index is 1.40. The summed E-state index contributed by atoms with van der Waals surface area (Å²) in [5, 5.41) is 4.01. The van der Waals surface area contributed by atoms with Crippen LogP contribution >= 0.6 is 0 Å². The smallest absolute Gasteiger partial charge is 0.252 e. The van der Waals surface area contributed by atoms with E-state index in [-0.39, 0.29) is 19.0 Å². The van der Waals surface area contributed by atoms with E-state index in [2.05, 4.69) is 10.1 Å². The summed E-state index contributed by atoms with van der Waals surface area (Å²) < 4.78 is 35.9. The van der Waals surface area contributed by atoms with Crippen molar-refractivity contribution in [3.8, 4) is 22.9 Å². The summed E-state index contributed by atoms with van der Waals surface area (Å²) in [6.07, 6.45) is 0. The zero-order valence-corrected chi connectivity index (χ0v) is 17.0. The van der Waals surface area contributed by atoms with Crippen LogP contribution in [0.5, 0.6) is 11.5 Å². The molecule has 0 amide bonds. The lowest BCUT2D eigenvalue weighted by molar-refractivity contribution is 0.0850. The van der Waals surface area contributed by atoms with Gasteiger partial charge in [0.05, 0.1) is 13.7 Å². The first-order valence-corrected chi connectivity index (χ1v) is 9.72. The number of rotatable bonds is 9. The van der Waals surface area contributed by atoms with Crippen molar-refractivity contribution < 1.29 is 23.1 Å². The Morgan fingerprint density at radius 1 is 0.871 bits per heavy atom. The summed E-state index contributed by atoms with van der Waals surface area (Å²) in [4.78, 5) is 4.37. The average Bonchev–Trinajstić information content (AvgIpc) is 3.28. The molecule has 0 N–H and O–H groups in total. The highest BCUT2D eigenvalue weighted by atomic mass is 19.1. The Kier molecular flexibility index (Phi) is 6.54. The van der Waals surface area contributed by atoms with E-state index in [1.165, 1.54) is 13.2 Å². The third-order valence-electron chi connectivity index (χ3n) is 4.57. The van der Waals surface area contributed by atoms with Crippen molar-refractivity contribution in [3.63, 3.8) is 0 Å². The van der Waals surface area contributed by atoms with E-state index in [1.54, 1.807) is 36.4 Å². The first kappa shape index (κ1) is 20.6. The van der Waals surface area contributed by atoms with E-state index in [0.717, 1.165) is 5.56 Å². The lowest BCUT2D eigenvalue weighted by Gasteiger charge is -2.11. The Labute approximate surface area is 179 Å². The predicted octanol–water partition coefficient (Wildman–Crippen LogP) is 5.18. The van der Waals surface area contributed by atoms with E-state index in [1.807, 2.05) is 30.3 Å². The average molecular weight is 420 g/mol. The van der Waals surface area contributed by atoms with Gasteiger partial charge in [-0.1, -0.05) is 53.7 Å². The molecule has 6 nitrogen and oxygen atoms in total. The molecule has 0 atom stereocenters. The molecule has 4 rings (SSSR count). The molecule has 0 fully saturated rings. The molecule has 0 aliphatic carbocycles. The molecule has 158 valence electrons. The highest BCUT2D eigenvalue weighted by molar-refractivity contribution is 5.60. The first-order valence-electron chi connectivity index (χ1n) is 9.72. The van der Waals surface area contributed by atoms with Gasteiger partial charge in [-0.2, -0.15) is 4.98 Å². The van der Waals surface area contributed by atoms with Crippen molar-refractivity contribution in [1.29, 1.82) is 0 Å². The minimum Gasteiger partial charge on any atom is -0.493 e. The maximum absolute atomic E-state index is 13.8. The molecule has 31 heavy (non-hydrogen) atoms. The lowest BCUT2D eigenvalue weighted by Crippen LogP contribution is -2.00. The fourth-order valence-electron chi connectivity index (χ4n) is 2.96. The van der Waals surface area contributed by atoms with Crippen molar-refractivity contribution >= 4 is 0 Å². The normalized spacial score (nSPS) is 10.8. The first-order chi connectivity index (χ1) is 15.2. The van der Waals surface area contributed by atoms with Crippen LogP contribution in [0.1, 0.15) is 17.0 Å². The number of ether oxygens (including phenoxy) is 3. The van der Waals surface area contributed by atoms with Crippen molar-refractivity contribution in [2.75, 3.05) is 7.11 Å². The van der Waals surface area contributed by atoms with Crippen LogP contribution < -0.4 is 9.47 Å². The van der Waals surface area contributed by atoms with Crippen LogP contribution in [-0.4, -0.2) is 17.3 Å². The minimum atomic E-state index is -0.313. The highest BCUT2D eigenvalue weighted by Gasteiger charge is 2.13. The molecule has 7 heteroatoms. The number of halogens is 1. The predicted molar refractivity (Wildman–Crippen MR) is 112 cm³/mol. The van der Waals surface area contributed by atoms with Crippen LogP contribution in [0.4, 0.5) is 4.39 Å². The Morgan fingerprint density at radius 3 is 2.48 bits per heavy atom. The van der Waals surface area contributed by atoms with E-state index in [0.29, 0.717) is 40.9 Å². The van der Waals surface area contributed by atoms with Crippen molar-refractivity contribution in [3.05, 3.63) is 95.6 Å². The van der Waals surface area contributed by atoms with Gasteiger partial charge in [-0.25, -0.2) is 4.39 Å². The van der Waals surface area contributed by atoms with Gasteiger partial charge in [0.25, 0.3) is 5.89 Å². The topological polar surface area (TPSA) is 66.6 Å². The summed E-state index contributed by atoms with van der Waals surface area (Å²) in [6.45, 7) is 0.761.